The predicted molar refractivity (Wildman–Crippen MR) is 94.8 cm³/mol. The van der Waals surface area contributed by atoms with Gasteiger partial charge < -0.3 is 15.0 Å². The van der Waals surface area contributed by atoms with Gasteiger partial charge in [-0.3, -0.25) is 4.98 Å². The molecule has 3 rings (SSSR count). The van der Waals surface area contributed by atoms with Crippen LogP contribution in [0.4, 0.5) is 10.5 Å². The molecular weight excluding hydrogens is 326 g/mol. The van der Waals surface area contributed by atoms with Crippen LogP contribution in [0.1, 0.15) is 25.5 Å². The highest BCUT2D eigenvalue weighted by atomic mass is 35.5. The van der Waals surface area contributed by atoms with E-state index < -0.39 is 0 Å². The van der Waals surface area contributed by atoms with Crippen LogP contribution in [0.5, 0.6) is 5.75 Å². The lowest BCUT2D eigenvalue weighted by Crippen LogP contribution is -2.50. The fourth-order valence-electron chi connectivity index (χ4n) is 2.61. The Kier molecular flexibility index (Phi) is 4.90. The molecule has 0 unspecified atom stereocenters. The number of para-hydroxylation sites is 1. The second kappa shape index (κ2) is 7.09. The van der Waals surface area contributed by atoms with E-state index in [0.717, 1.165) is 5.69 Å². The Labute approximate surface area is 146 Å². The Hall–Kier alpha value is -2.27. The first-order valence-corrected chi connectivity index (χ1v) is 8.34. The van der Waals surface area contributed by atoms with Crippen molar-refractivity contribution in [1.82, 2.24) is 9.88 Å². The average molecular weight is 346 g/mol. The standard InChI is InChI=1S/C18H20ClN3O2/c1-12(2)24-17-14(19)6-5-8-16(17)21-18(23)22-10-13(11-22)15-7-3-4-9-20-15/h3-9,12-13H,10-11H2,1-2H3,(H,21,23). The second-order valence-electron chi connectivity index (χ2n) is 6.07. The van der Waals surface area contributed by atoms with Crippen LogP contribution in [0.2, 0.25) is 5.02 Å². The summed E-state index contributed by atoms with van der Waals surface area (Å²) in [6.07, 6.45) is 1.75. The number of aromatic nitrogens is 1. The summed E-state index contributed by atoms with van der Waals surface area (Å²) in [5.74, 6) is 0.798. The number of nitrogens with zero attached hydrogens (tertiary/aromatic N) is 2. The molecule has 0 spiro atoms. The molecule has 0 radical (unpaired) electrons. The molecule has 1 saturated heterocycles. The van der Waals surface area contributed by atoms with E-state index in [4.69, 9.17) is 16.3 Å². The SMILES string of the molecule is CC(C)Oc1c(Cl)cccc1NC(=O)N1CC(c2ccccn2)C1. The lowest BCUT2D eigenvalue weighted by atomic mass is 9.96. The monoisotopic (exact) mass is 345 g/mol. The minimum absolute atomic E-state index is 0.0295. The Morgan fingerprint density at radius 1 is 1.29 bits per heavy atom. The number of anilines is 1. The maximum absolute atomic E-state index is 12.4. The number of benzene rings is 1. The van der Waals surface area contributed by atoms with Gasteiger partial charge in [0.15, 0.2) is 5.75 Å². The Morgan fingerprint density at radius 3 is 2.75 bits per heavy atom. The number of pyridine rings is 1. The predicted octanol–water partition coefficient (Wildman–Crippen LogP) is 4.15. The third kappa shape index (κ3) is 3.62. The fraction of sp³-hybridized carbons (Fsp3) is 0.333. The van der Waals surface area contributed by atoms with Crippen molar-refractivity contribution >= 4 is 23.3 Å². The normalized spacial score (nSPS) is 14.4. The molecule has 0 atom stereocenters. The zero-order valence-corrected chi connectivity index (χ0v) is 14.5. The van der Waals surface area contributed by atoms with Crippen molar-refractivity contribution in [1.29, 1.82) is 0 Å². The summed E-state index contributed by atoms with van der Waals surface area (Å²) in [6, 6.07) is 11.0. The van der Waals surface area contributed by atoms with E-state index in [2.05, 4.69) is 10.3 Å². The first-order valence-electron chi connectivity index (χ1n) is 7.96. The molecule has 2 heterocycles. The van der Waals surface area contributed by atoms with Gasteiger partial charge in [0.25, 0.3) is 0 Å². The number of nitrogens with one attached hydrogen (secondary N) is 1. The van der Waals surface area contributed by atoms with E-state index in [1.165, 1.54) is 0 Å². The van der Waals surface area contributed by atoms with Crippen molar-refractivity contribution in [2.45, 2.75) is 25.9 Å². The van der Waals surface area contributed by atoms with Gasteiger partial charge in [0.05, 0.1) is 16.8 Å². The number of rotatable bonds is 4. The number of hydrogen-bond donors (Lipinski definition) is 1. The third-order valence-electron chi connectivity index (χ3n) is 3.84. The largest absolute Gasteiger partial charge is 0.487 e. The van der Waals surface area contributed by atoms with Crippen LogP contribution >= 0.6 is 11.6 Å². The summed E-state index contributed by atoms with van der Waals surface area (Å²) in [4.78, 5) is 18.5. The number of hydrogen-bond acceptors (Lipinski definition) is 3. The van der Waals surface area contributed by atoms with Crippen molar-refractivity contribution in [2.24, 2.45) is 0 Å². The Balaban J connectivity index is 1.63. The van der Waals surface area contributed by atoms with E-state index in [0.29, 0.717) is 35.5 Å². The van der Waals surface area contributed by atoms with Crippen molar-refractivity contribution < 1.29 is 9.53 Å². The number of likely N-dealkylation sites (tertiary alicyclic amines) is 1. The van der Waals surface area contributed by atoms with Gasteiger partial charge >= 0.3 is 6.03 Å². The van der Waals surface area contributed by atoms with Crippen LogP contribution in [0.25, 0.3) is 0 Å². The van der Waals surface area contributed by atoms with E-state index in [-0.39, 0.29) is 12.1 Å². The minimum atomic E-state index is -0.155. The molecule has 0 saturated carbocycles. The van der Waals surface area contributed by atoms with E-state index in [9.17, 15) is 4.79 Å². The van der Waals surface area contributed by atoms with Gasteiger partial charge in [-0.2, -0.15) is 0 Å². The molecule has 1 aliphatic heterocycles. The summed E-state index contributed by atoms with van der Waals surface area (Å²) in [5.41, 5.74) is 1.61. The number of carbonyl (C=O) groups excluding carboxylic acids is 1. The number of urea groups is 1. The van der Waals surface area contributed by atoms with Gasteiger partial charge in [0.1, 0.15) is 0 Å². The maximum Gasteiger partial charge on any atom is 0.321 e. The van der Waals surface area contributed by atoms with E-state index >= 15 is 0 Å². The molecule has 1 aliphatic rings. The third-order valence-corrected chi connectivity index (χ3v) is 4.13. The molecule has 0 aliphatic carbocycles. The molecule has 2 aromatic rings. The smallest absolute Gasteiger partial charge is 0.321 e. The summed E-state index contributed by atoms with van der Waals surface area (Å²) in [7, 11) is 0. The van der Waals surface area contributed by atoms with Crippen molar-refractivity contribution in [3.63, 3.8) is 0 Å². The van der Waals surface area contributed by atoms with Gasteiger partial charge in [-0.15, -0.1) is 0 Å². The molecule has 126 valence electrons. The molecule has 24 heavy (non-hydrogen) atoms. The van der Waals surface area contributed by atoms with Crippen molar-refractivity contribution in [2.75, 3.05) is 18.4 Å². The van der Waals surface area contributed by atoms with E-state index in [1.54, 1.807) is 29.3 Å². The number of ether oxygens (including phenoxy) is 1. The second-order valence-corrected chi connectivity index (χ2v) is 6.48. The summed E-state index contributed by atoms with van der Waals surface area (Å²) in [5, 5.41) is 3.37. The van der Waals surface area contributed by atoms with Crippen LogP contribution in [0.3, 0.4) is 0 Å². The van der Waals surface area contributed by atoms with Crippen molar-refractivity contribution in [3.8, 4) is 5.75 Å². The van der Waals surface area contributed by atoms with Gasteiger partial charge in [0, 0.05) is 30.9 Å². The summed E-state index contributed by atoms with van der Waals surface area (Å²) < 4.78 is 5.72. The lowest BCUT2D eigenvalue weighted by Gasteiger charge is -2.38. The molecule has 1 aromatic carbocycles. The highest BCUT2D eigenvalue weighted by molar-refractivity contribution is 6.32. The van der Waals surface area contributed by atoms with E-state index in [1.807, 2.05) is 32.0 Å². The quantitative estimate of drug-likeness (QED) is 0.905. The molecule has 1 fully saturated rings. The number of carbonyl (C=O) groups is 1. The van der Waals surface area contributed by atoms with Crippen LogP contribution in [0, 0.1) is 0 Å². The van der Waals surface area contributed by atoms with Crippen LogP contribution in [-0.4, -0.2) is 35.1 Å². The first-order chi connectivity index (χ1) is 11.5. The number of halogens is 1. The topological polar surface area (TPSA) is 54.5 Å². The fourth-order valence-corrected chi connectivity index (χ4v) is 2.83. The van der Waals surface area contributed by atoms with Crippen molar-refractivity contribution in [3.05, 3.63) is 53.3 Å². The Bertz CT molecular complexity index is 715. The molecule has 1 aromatic heterocycles. The van der Waals surface area contributed by atoms with Crippen LogP contribution < -0.4 is 10.1 Å². The lowest BCUT2D eigenvalue weighted by molar-refractivity contribution is 0.162. The van der Waals surface area contributed by atoms with Gasteiger partial charge in [0.2, 0.25) is 0 Å². The summed E-state index contributed by atoms with van der Waals surface area (Å²) >= 11 is 6.19. The maximum atomic E-state index is 12.4. The molecule has 6 heteroatoms. The highest BCUT2D eigenvalue weighted by Crippen LogP contribution is 2.34. The van der Waals surface area contributed by atoms with Crippen LogP contribution in [-0.2, 0) is 0 Å². The molecule has 2 amide bonds. The highest BCUT2D eigenvalue weighted by Gasteiger charge is 2.32. The zero-order valence-electron chi connectivity index (χ0n) is 13.7. The minimum Gasteiger partial charge on any atom is -0.487 e. The molecule has 0 bridgehead atoms. The average Bonchev–Trinajstić information content (AvgIpc) is 2.50. The molecule has 1 N–H and O–H groups in total. The van der Waals surface area contributed by atoms with Gasteiger partial charge in [-0.25, -0.2) is 4.79 Å². The Morgan fingerprint density at radius 2 is 2.08 bits per heavy atom. The van der Waals surface area contributed by atoms with Gasteiger partial charge in [-0.1, -0.05) is 23.7 Å². The summed E-state index contributed by atoms with van der Waals surface area (Å²) in [6.45, 7) is 5.15. The van der Waals surface area contributed by atoms with Crippen LogP contribution in [0.15, 0.2) is 42.6 Å². The number of amides is 2. The molecular formula is C18H20ClN3O2. The zero-order chi connectivity index (χ0) is 17.1. The first kappa shape index (κ1) is 16.6. The van der Waals surface area contributed by atoms with Gasteiger partial charge in [-0.05, 0) is 38.1 Å². The molecule has 5 nitrogen and oxygen atoms in total.